The summed E-state index contributed by atoms with van der Waals surface area (Å²) in [6.45, 7) is 4.27. The van der Waals surface area contributed by atoms with E-state index in [0.29, 0.717) is 43.4 Å². The van der Waals surface area contributed by atoms with Crippen LogP contribution in [0.15, 0.2) is 39.8 Å². The lowest BCUT2D eigenvalue weighted by molar-refractivity contribution is -0.118. The fourth-order valence-corrected chi connectivity index (χ4v) is 5.39. The molecule has 1 aliphatic heterocycles. The SMILES string of the molecule is Cc1cc(C(=O)N2CCN(C(=O)c3ccccc3SCC(=O)NCC3CCCCC3)CC2)on1. The molecule has 2 aromatic rings. The van der Waals surface area contributed by atoms with Gasteiger partial charge in [0.25, 0.3) is 11.8 Å². The summed E-state index contributed by atoms with van der Waals surface area (Å²) in [5, 5.41) is 6.83. The van der Waals surface area contributed by atoms with Crippen LogP contribution in [0, 0.1) is 12.8 Å². The van der Waals surface area contributed by atoms with Gasteiger partial charge in [0.15, 0.2) is 0 Å². The Balaban J connectivity index is 1.28. The number of carbonyl (C=O) groups excluding carboxylic acids is 3. The van der Waals surface area contributed by atoms with E-state index < -0.39 is 0 Å². The minimum absolute atomic E-state index is 0.00704. The Morgan fingerprint density at radius 3 is 2.38 bits per heavy atom. The van der Waals surface area contributed by atoms with Gasteiger partial charge in [0.2, 0.25) is 11.7 Å². The second-order valence-electron chi connectivity index (χ2n) is 9.01. The highest BCUT2D eigenvalue weighted by Gasteiger charge is 2.28. The molecule has 1 aromatic carbocycles. The van der Waals surface area contributed by atoms with Crippen LogP contribution in [0.2, 0.25) is 0 Å². The maximum Gasteiger partial charge on any atom is 0.292 e. The first-order valence-corrected chi connectivity index (χ1v) is 13.0. The van der Waals surface area contributed by atoms with Crippen molar-refractivity contribution in [1.29, 1.82) is 0 Å². The molecule has 0 spiro atoms. The predicted molar refractivity (Wildman–Crippen MR) is 130 cm³/mol. The van der Waals surface area contributed by atoms with Crippen LogP contribution in [-0.4, -0.2) is 71.2 Å². The van der Waals surface area contributed by atoms with Gasteiger partial charge in [-0.1, -0.05) is 36.6 Å². The second-order valence-corrected chi connectivity index (χ2v) is 10.0. The second kappa shape index (κ2) is 11.6. The monoisotopic (exact) mass is 484 g/mol. The third-order valence-corrected chi connectivity index (χ3v) is 7.56. The molecular weight excluding hydrogens is 452 g/mol. The van der Waals surface area contributed by atoms with Gasteiger partial charge < -0.3 is 19.6 Å². The number of piperazine rings is 1. The summed E-state index contributed by atoms with van der Waals surface area (Å²) in [4.78, 5) is 42.4. The maximum absolute atomic E-state index is 13.2. The van der Waals surface area contributed by atoms with Gasteiger partial charge in [0.05, 0.1) is 17.0 Å². The molecule has 0 unspecified atom stereocenters. The van der Waals surface area contributed by atoms with E-state index in [0.717, 1.165) is 11.4 Å². The Morgan fingerprint density at radius 2 is 1.71 bits per heavy atom. The standard InChI is InChI=1S/C25H32N4O4S/c1-18-15-21(33-27-18)25(32)29-13-11-28(12-14-29)24(31)20-9-5-6-10-22(20)34-17-23(30)26-16-19-7-3-2-4-8-19/h5-6,9-10,15,19H,2-4,7-8,11-14,16-17H2,1H3,(H,26,30). The molecule has 34 heavy (non-hydrogen) atoms. The van der Waals surface area contributed by atoms with Crippen molar-refractivity contribution in [3.63, 3.8) is 0 Å². The zero-order chi connectivity index (χ0) is 23.9. The van der Waals surface area contributed by atoms with E-state index in [1.54, 1.807) is 28.9 Å². The Hall–Kier alpha value is -2.81. The van der Waals surface area contributed by atoms with E-state index in [1.165, 1.54) is 43.9 Å². The van der Waals surface area contributed by atoms with Gasteiger partial charge in [0, 0.05) is 43.7 Å². The van der Waals surface area contributed by atoms with Gasteiger partial charge in [-0.15, -0.1) is 11.8 Å². The number of hydrogen-bond donors (Lipinski definition) is 1. The molecule has 0 bridgehead atoms. The van der Waals surface area contributed by atoms with Gasteiger partial charge in [-0.05, 0) is 37.8 Å². The number of aromatic nitrogens is 1. The number of carbonyl (C=O) groups is 3. The first-order chi connectivity index (χ1) is 16.5. The lowest BCUT2D eigenvalue weighted by Crippen LogP contribution is -2.50. The lowest BCUT2D eigenvalue weighted by atomic mass is 9.89. The molecule has 2 heterocycles. The normalized spacial score (nSPS) is 17.0. The highest BCUT2D eigenvalue weighted by molar-refractivity contribution is 8.00. The van der Waals surface area contributed by atoms with Crippen LogP contribution in [0.25, 0.3) is 0 Å². The van der Waals surface area contributed by atoms with Gasteiger partial charge in [-0.25, -0.2) is 0 Å². The average Bonchev–Trinajstić information content (AvgIpc) is 3.32. The fourth-order valence-electron chi connectivity index (χ4n) is 4.52. The quantitative estimate of drug-likeness (QED) is 0.606. The van der Waals surface area contributed by atoms with Crippen molar-refractivity contribution in [2.45, 2.75) is 43.9 Å². The van der Waals surface area contributed by atoms with Crippen LogP contribution >= 0.6 is 11.8 Å². The number of benzene rings is 1. The van der Waals surface area contributed by atoms with Crippen molar-refractivity contribution < 1.29 is 18.9 Å². The van der Waals surface area contributed by atoms with Crippen LogP contribution in [0.3, 0.4) is 0 Å². The molecule has 1 aliphatic carbocycles. The molecular formula is C25H32N4O4S. The van der Waals surface area contributed by atoms with Gasteiger partial charge in [-0.3, -0.25) is 14.4 Å². The predicted octanol–water partition coefficient (Wildman–Crippen LogP) is 3.37. The Kier molecular flexibility index (Phi) is 8.26. The number of nitrogens with zero attached hydrogens (tertiary/aromatic N) is 3. The number of nitrogens with one attached hydrogen (secondary N) is 1. The van der Waals surface area contributed by atoms with Crippen LogP contribution in [0.5, 0.6) is 0 Å². The Morgan fingerprint density at radius 1 is 1.03 bits per heavy atom. The van der Waals surface area contributed by atoms with Crippen LogP contribution in [0.4, 0.5) is 0 Å². The highest BCUT2D eigenvalue weighted by atomic mass is 32.2. The van der Waals surface area contributed by atoms with Gasteiger partial charge in [-0.2, -0.15) is 0 Å². The summed E-state index contributed by atoms with van der Waals surface area (Å²) in [6.07, 6.45) is 6.21. The third-order valence-electron chi connectivity index (χ3n) is 6.48. The van der Waals surface area contributed by atoms with E-state index in [4.69, 9.17) is 4.52 Å². The maximum atomic E-state index is 13.2. The topological polar surface area (TPSA) is 95.8 Å². The molecule has 8 nitrogen and oxygen atoms in total. The van der Waals surface area contributed by atoms with Crippen molar-refractivity contribution in [3.8, 4) is 0 Å². The highest BCUT2D eigenvalue weighted by Crippen LogP contribution is 2.25. The molecule has 1 saturated carbocycles. The molecule has 1 N–H and O–H groups in total. The molecule has 182 valence electrons. The van der Waals surface area contributed by atoms with Crippen molar-refractivity contribution in [1.82, 2.24) is 20.3 Å². The first kappa shape index (κ1) is 24.3. The molecule has 0 atom stereocenters. The summed E-state index contributed by atoms with van der Waals surface area (Å²) in [7, 11) is 0. The summed E-state index contributed by atoms with van der Waals surface area (Å²) in [5.74, 6) is 0.829. The molecule has 1 aromatic heterocycles. The lowest BCUT2D eigenvalue weighted by Gasteiger charge is -2.34. The zero-order valence-electron chi connectivity index (χ0n) is 19.6. The van der Waals surface area contributed by atoms with Gasteiger partial charge >= 0.3 is 0 Å². The summed E-state index contributed by atoms with van der Waals surface area (Å²) in [6, 6.07) is 9.04. The number of hydrogen-bond acceptors (Lipinski definition) is 6. The van der Waals surface area contributed by atoms with Gasteiger partial charge in [0.1, 0.15) is 0 Å². The average molecular weight is 485 g/mol. The molecule has 9 heteroatoms. The van der Waals surface area contributed by atoms with Crippen molar-refractivity contribution in [2.24, 2.45) is 5.92 Å². The molecule has 1 saturated heterocycles. The van der Waals surface area contributed by atoms with Crippen LogP contribution in [0.1, 0.15) is 58.7 Å². The molecule has 4 rings (SSSR count). The molecule has 3 amide bonds. The Labute approximate surface area is 204 Å². The number of rotatable bonds is 7. The molecule has 0 radical (unpaired) electrons. The van der Waals surface area contributed by atoms with Crippen molar-refractivity contribution in [2.75, 3.05) is 38.5 Å². The first-order valence-electron chi connectivity index (χ1n) is 12.0. The Bertz CT molecular complexity index is 1010. The van der Waals surface area contributed by atoms with E-state index >= 15 is 0 Å². The van der Waals surface area contributed by atoms with E-state index in [9.17, 15) is 14.4 Å². The minimum atomic E-state index is -0.206. The fraction of sp³-hybridized carbons (Fsp3) is 0.520. The van der Waals surface area contributed by atoms with E-state index in [-0.39, 0.29) is 29.2 Å². The van der Waals surface area contributed by atoms with Crippen LogP contribution < -0.4 is 5.32 Å². The summed E-state index contributed by atoms with van der Waals surface area (Å²) in [5.41, 5.74) is 1.26. The smallest absolute Gasteiger partial charge is 0.292 e. The third kappa shape index (κ3) is 6.20. The van der Waals surface area contributed by atoms with E-state index in [1.807, 2.05) is 18.2 Å². The number of aryl methyl sites for hydroxylation is 1. The summed E-state index contributed by atoms with van der Waals surface area (Å²) < 4.78 is 5.08. The number of thioether (sulfide) groups is 1. The number of amides is 3. The minimum Gasteiger partial charge on any atom is -0.355 e. The van der Waals surface area contributed by atoms with Crippen molar-refractivity contribution >= 4 is 29.5 Å². The largest absolute Gasteiger partial charge is 0.355 e. The zero-order valence-corrected chi connectivity index (χ0v) is 20.4. The van der Waals surface area contributed by atoms with E-state index in [2.05, 4.69) is 10.5 Å². The molecule has 2 aliphatic rings. The van der Waals surface area contributed by atoms with Crippen LogP contribution in [-0.2, 0) is 4.79 Å². The molecule has 2 fully saturated rings. The summed E-state index contributed by atoms with van der Waals surface area (Å²) >= 11 is 1.40. The van der Waals surface area contributed by atoms with Crippen molar-refractivity contribution in [3.05, 3.63) is 47.3 Å².